The number of hydrogen-bond donors (Lipinski definition) is 2. The molecule has 0 radical (unpaired) electrons. The van der Waals surface area contributed by atoms with Gasteiger partial charge in [-0.1, -0.05) is 20.1 Å². The average molecular weight is 314 g/mol. The van der Waals surface area contributed by atoms with E-state index in [0.717, 1.165) is 0 Å². The van der Waals surface area contributed by atoms with Gasteiger partial charge in [-0.05, 0) is 33.1 Å². The third kappa shape index (κ3) is 7.95. The van der Waals surface area contributed by atoms with Crippen LogP contribution in [0.3, 0.4) is 0 Å². The summed E-state index contributed by atoms with van der Waals surface area (Å²) in [6.07, 6.45) is -2.34. The van der Waals surface area contributed by atoms with E-state index in [2.05, 4.69) is 13.2 Å². The fourth-order valence-electron chi connectivity index (χ4n) is 1.60. The number of aliphatic hydroxyl groups excluding tert-OH is 2. The van der Waals surface area contributed by atoms with Crippen LogP contribution in [0.1, 0.15) is 40.5 Å². The van der Waals surface area contributed by atoms with Gasteiger partial charge >= 0.3 is 11.9 Å². The van der Waals surface area contributed by atoms with Gasteiger partial charge in [0, 0.05) is 17.6 Å². The first-order valence-corrected chi connectivity index (χ1v) is 7.13. The molecule has 0 spiro atoms. The van der Waals surface area contributed by atoms with Gasteiger partial charge in [0.15, 0.2) is 0 Å². The Labute approximate surface area is 131 Å². The molecule has 0 aliphatic carbocycles. The third-order valence-corrected chi connectivity index (χ3v) is 2.98. The summed E-state index contributed by atoms with van der Waals surface area (Å²) in [5.41, 5.74) is 0.349. The van der Waals surface area contributed by atoms with Crippen LogP contribution in [0.15, 0.2) is 24.3 Å². The number of carbonyl (C=O) groups is 2. The highest BCUT2D eigenvalue weighted by Crippen LogP contribution is 2.19. The highest BCUT2D eigenvalue weighted by atomic mass is 16.7. The molecule has 0 aliphatic heterocycles. The average Bonchev–Trinajstić information content (AvgIpc) is 2.36. The highest BCUT2D eigenvalue weighted by molar-refractivity contribution is 5.88. The lowest BCUT2D eigenvalue weighted by molar-refractivity contribution is -0.186. The molecule has 0 fully saturated rings. The van der Waals surface area contributed by atoms with Crippen LogP contribution in [-0.2, 0) is 19.1 Å². The van der Waals surface area contributed by atoms with Crippen LogP contribution in [0.4, 0.5) is 0 Å². The molecule has 22 heavy (non-hydrogen) atoms. The van der Waals surface area contributed by atoms with Crippen LogP contribution in [0.25, 0.3) is 0 Å². The van der Waals surface area contributed by atoms with Gasteiger partial charge in [0.25, 0.3) is 0 Å². The Bertz CT molecular complexity index is 398. The zero-order valence-electron chi connectivity index (χ0n) is 13.7. The van der Waals surface area contributed by atoms with E-state index < -0.39 is 30.4 Å². The van der Waals surface area contributed by atoms with Gasteiger partial charge in [-0.3, -0.25) is 0 Å². The number of carbonyl (C=O) groups excluding carboxylic acids is 2. The predicted molar refractivity (Wildman–Crippen MR) is 81.7 cm³/mol. The Morgan fingerprint density at radius 3 is 1.68 bits per heavy atom. The number of ether oxygens (including phenoxy) is 2. The molecule has 0 aromatic carbocycles. The van der Waals surface area contributed by atoms with Crippen molar-refractivity contribution >= 4 is 11.9 Å². The van der Waals surface area contributed by atoms with Gasteiger partial charge < -0.3 is 19.7 Å². The van der Waals surface area contributed by atoms with Gasteiger partial charge in [0.1, 0.15) is 0 Å². The zero-order valence-corrected chi connectivity index (χ0v) is 13.7. The van der Waals surface area contributed by atoms with E-state index in [-0.39, 0.29) is 29.9 Å². The molecule has 3 unspecified atom stereocenters. The Balaban J connectivity index is 4.83. The summed E-state index contributed by atoms with van der Waals surface area (Å²) in [5, 5.41) is 19.2. The van der Waals surface area contributed by atoms with E-state index in [1.165, 1.54) is 13.8 Å². The van der Waals surface area contributed by atoms with E-state index >= 15 is 0 Å². The first-order chi connectivity index (χ1) is 10.0. The Hall–Kier alpha value is -1.66. The lowest BCUT2D eigenvalue weighted by Crippen LogP contribution is -2.31. The minimum Gasteiger partial charge on any atom is -0.422 e. The number of aliphatic hydroxyl groups is 2. The zero-order chi connectivity index (χ0) is 17.4. The third-order valence-electron chi connectivity index (χ3n) is 2.98. The van der Waals surface area contributed by atoms with E-state index in [1.54, 1.807) is 13.8 Å². The number of hydrogen-bond acceptors (Lipinski definition) is 6. The van der Waals surface area contributed by atoms with Crippen LogP contribution in [0.5, 0.6) is 0 Å². The minimum absolute atomic E-state index is 0.103. The molecule has 0 rings (SSSR count). The van der Waals surface area contributed by atoms with Crippen LogP contribution in [-0.4, -0.2) is 40.6 Å². The summed E-state index contributed by atoms with van der Waals surface area (Å²) in [4.78, 5) is 23.2. The van der Waals surface area contributed by atoms with Crippen molar-refractivity contribution < 1.29 is 29.3 Å². The number of rotatable bonds is 9. The normalized spacial score (nSPS) is 14.9. The molecule has 0 saturated heterocycles. The number of esters is 2. The minimum atomic E-state index is -1.15. The second-order valence-corrected chi connectivity index (χ2v) is 5.67. The maximum absolute atomic E-state index is 11.6. The summed E-state index contributed by atoms with van der Waals surface area (Å²) in [6.45, 7) is 13.2. The van der Waals surface area contributed by atoms with Gasteiger partial charge in [-0.15, -0.1) is 0 Å². The molecular formula is C16H26O6. The first-order valence-electron chi connectivity index (χ1n) is 7.13. The summed E-state index contributed by atoms with van der Waals surface area (Å²) >= 11 is 0. The van der Waals surface area contributed by atoms with Gasteiger partial charge in [-0.2, -0.15) is 0 Å². The predicted octanol–water partition coefficient (Wildman–Crippen LogP) is 1.71. The molecule has 0 saturated carbocycles. The van der Waals surface area contributed by atoms with Crippen LogP contribution < -0.4 is 0 Å². The van der Waals surface area contributed by atoms with E-state index in [0.29, 0.717) is 0 Å². The van der Waals surface area contributed by atoms with Gasteiger partial charge in [-0.25, -0.2) is 9.59 Å². The monoisotopic (exact) mass is 314 g/mol. The van der Waals surface area contributed by atoms with E-state index in [1.807, 2.05) is 0 Å². The molecule has 126 valence electrons. The summed E-state index contributed by atoms with van der Waals surface area (Å²) < 4.78 is 10.1. The molecule has 3 atom stereocenters. The maximum atomic E-state index is 11.6. The molecule has 0 aliphatic rings. The van der Waals surface area contributed by atoms with Crippen molar-refractivity contribution in [3.63, 3.8) is 0 Å². The van der Waals surface area contributed by atoms with Crippen molar-refractivity contribution in [2.24, 2.45) is 5.92 Å². The fourth-order valence-corrected chi connectivity index (χ4v) is 1.60. The molecule has 2 N–H and O–H groups in total. The largest absolute Gasteiger partial charge is 0.422 e. The molecule has 0 bridgehead atoms. The lowest BCUT2D eigenvalue weighted by Gasteiger charge is -2.25. The maximum Gasteiger partial charge on any atom is 0.336 e. The van der Waals surface area contributed by atoms with E-state index in [9.17, 15) is 19.8 Å². The molecule has 0 aromatic rings. The van der Waals surface area contributed by atoms with Crippen molar-refractivity contribution in [1.29, 1.82) is 0 Å². The topological polar surface area (TPSA) is 93.1 Å². The molecule has 6 heteroatoms. The van der Waals surface area contributed by atoms with Crippen LogP contribution in [0, 0.1) is 5.92 Å². The Morgan fingerprint density at radius 2 is 1.36 bits per heavy atom. The standard InChI is InChI=1S/C16H26O6/c1-9(2)15(19)21-14(22-16(20)10(3)4)7-11(5)13(18)8-12(6)17/h11-14,17-18H,1,3,7-8H2,2,4-6H3. The molecule has 0 heterocycles. The van der Waals surface area contributed by atoms with Crippen LogP contribution in [0.2, 0.25) is 0 Å². The van der Waals surface area contributed by atoms with Crippen molar-refractivity contribution in [2.45, 2.75) is 59.0 Å². The van der Waals surface area contributed by atoms with Crippen molar-refractivity contribution in [2.75, 3.05) is 0 Å². The van der Waals surface area contributed by atoms with Gasteiger partial charge in [0.2, 0.25) is 6.29 Å². The fraction of sp³-hybridized carbons (Fsp3) is 0.625. The second kappa shape index (κ2) is 9.38. The second-order valence-electron chi connectivity index (χ2n) is 5.67. The lowest BCUT2D eigenvalue weighted by atomic mass is 9.96. The summed E-state index contributed by atoms with van der Waals surface area (Å²) in [6, 6.07) is 0. The van der Waals surface area contributed by atoms with Crippen molar-refractivity contribution in [1.82, 2.24) is 0 Å². The van der Waals surface area contributed by atoms with Crippen molar-refractivity contribution in [3.8, 4) is 0 Å². The molecular weight excluding hydrogens is 288 g/mol. The summed E-state index contributed by atoms with van der Waals surface area (Å²) in [5.74, 6) is -1.72. The molecule has 0 aromatic heterocycles. The van der Waals surface area contributed by atoms with E-state index in [4.69, 9.17) is 9.47 Å². The van der Waals surface area contributed by atoms with Crippen LogP contribution >= 0.6 is 0 Å². The first kappa shape index (κ1) is 20.3. The summed E-state index contributed by atoms with van der Waals surface area (Å²) in [7, 11) is 0. The van der Waals surface area contributed by atoms with Crippen molar-refractivity contribution in [3.05, 3.63) is 24.3 Å². The molecule has 0 amide bonds. The Kier molecular flexibility index (Phi) is 8.67. The van der Waals surface area contributed by atoms with Gasteiger partial charge in [0.05, 0.1) is 12.2 Å². The SMILES string of the molecule is C=C(C)C(=O)OC(CC(C)C(O)CC(C)O)OC(=O)C(=C)C. The highest BCUT2D eigenvalue weighted by Gasteiger charge is 2.26. The Morgan fingerprint density at radius 1 is 0.955 bits per heavy atom. The smallest absolute Gasteiger partial charge is 0.336 e. The molecule has 6 nitrogen and oxygen atoms in total. The quantitative estimate of drug-likeness (QED) is 0.382.